The fraction of sp³-hybridized carbons (Fsp3) is 0.462. The van der Waals surface area contributed by atoms with Crippen LogP contribution in [0.3, 0.4) is 0 Å². The summed E-state index contributed by atoms with van der Waals surface area (Å²) in [6, 6.07) is 3.04. The second-order valence-electron chi connectivity index (χ2n) is 4.70. The van der Waals surface area contributed by atoms with Gasteiger partial charge in [-0.15, -0.1) is 0 Å². The average Bonchev–Trinajstić information content (AvgIpc) is 2.96. The van der Waals surface area contributed by atoms with E-state index in [1.807, 2.05) is 7.05 Å². The van der Waals surface area contributed by atoms with Gasteiger partial charge in [-0.3, -0.25) is 4.79 Å². The smallest absolute Gasteiger partial charge is 0.475 e. The van der Waals surface area contributed by atoms with Gasteiger partial charge in [0.25, 0.3) is 5.91 Å². The van der Waals surface area contributed by atoms with E-state index in [9.17, 15) is 22.4 Å². The molecule has 0 aliphatic carbocycles. The lowest BCUT2D eigenvalue weighted by Gasteiger charge is -2.16. The first-order valence-electron chi connectivity index (χ1n) is 6.53. The van der Waals surface area contributed by atoms with Gasteiger partial charge < -0.3 is 15.3 Å². The molecule has 1 aromatic heterocycles. The van der Waals surface area contributed by atoms with Crippen molar-refractivity contribution in [3.8, 4) is 0 Å². The Morgan fingerprint density at radius 1 is 1.39 bits per heavy atom. The standard InChI is InChI=1S/C11H14FN3O.C2HF3O2/c1-13-9-4-5-15(7-9)11(16)8-2-3-10(12)14-6-8;3-2(4,5)1(6)7/h2-3,6,9,13H,4-5,7H2,1H3;(H,6,7)/t9-;/m0./s1. The van der Waals surface area contributed by atoms with Gasteiger partial charge in [0.2, 0.25) is 5.95 Å². The molecule has 0 radical (unpaired) electrons. The van der Waals surface area contributed by atoms with Crippen molar-refractivity contribution in [2.75, 3.05) is 20.1 Å². The number of carbonyl (C=O) groups is 2. The maximum atomic E-state index is 12.6. The van der Waals surface area contributed by atoms with E-state index in [1.54, 1.807) is 4.90 Å². The molecule has 1 saturated heterocycles. The highest BCUT2D eigenvalue weighted by atomic mass is 19.4. The van der Waals surface area contributed by atoms with E-state index in [2.05, 4.69) is 10.3 Å². The third-order valence-corrected chi connectivity index (χ3v) is 3.10. The molecule has 1 aliphatic rings. The minimum Gasteiger partial charge on any atom is -0.475 e. The van der Waals surface area contributed by atoms with Gasteiger partial charge in [0.15, 0.2) is 0 Å². The molecule has 10 heteroatoms. The number of aromatic nitrogens is 1. The normalized spacial score (nSPS) is 17.4. The fourth-order valence-electron chi connectivity index (χ4n) is 1.87. The van der Waals surface area contributed by atoms with Crippen molar-refractivity contribution in [2.45, 2.75) is 18.6 Å². The quantitative estimate of drug-likeness (QED) is 0.628. The molecule has 1 atom stereocenters. The number of carbonyl (C=O) groups excluding carboxylic acids is 1. The monoisotopic (exact) mass is 337 g/mol. The highest BCUT2D eigenvalue weighted by Gasteiger charge is 2.38. The summed E-state index contributed by atoms with van der Waals surface area (Å²) in [5.41, 5.74) is 0.443. The molecule has 23 heavy (non-hydrogen) atoms. The number of alkyl halides is 3. The van der Waals surface area contributed by atoms with Crippen molar-refractivity contribution >= 4 is 11.9 Å². The molecule has 1 aromatic rings. The summed E-state index contributed by atoms with van der Waals surface area (Å²) in [4.78, 5) is 26.1. The van der Waals surface area contributed by atoms with Crippen LogP contribution in [-0.2, 0) is 4.79 Å². The van der Waals surface area contributed by atoms with E-state index in [0.29, 0.717) is 18.2 Å². The lowest BCUT2D eigenvalue weighted by atomic mass is 10.2. The molecule has 6 nitrogen and oxygen atoms in total. The predicted molar refractivity (Wildman–Crippen MR) is 71.3 cm³/mol. The van der Waals surface area contributed by atoms with Crippen LogP contribution in [0.1, 0.15) is 16.8 Å². The molecule has 0 unspecified atom stereocenters. The number of rotatable bonds is 2. The third-order valence-electron chi connectivity index (χ3n) is 3.10. The largest absolute Gasteiger partial charge is 0.490 e. The van der Waals surface area contributed by atoms with Crippen LogP contribution >= 0.6 is 0 Å². The molecule has 128 valence electrons. The lowest BCUT2D eigenvalue weighted by Crippen LogP contribution is -2.33. The van der Waals surface area contributed by atoms with Gasteiger partial charge in [0.05, 0.1) is 5.56 Å². The molecule has 2 rings (SSSR count). The van der Waals surface area contributed by atoms with Crippen molar-refractivity contribution < 1.29 is 32.3 Å². The van der Waals surface area contributed by atoms with Gasteiger partial charge in [0.1, 0.15) is 0 Å². The highest BCUT2D eigenvalue weighted by Crippen LogP contribution is 2.13. The van der Waals surface area contributed by atoms with Crippen LogP contribution in [0.25, 0.3) is 0 Å². The summed E-state index contributed by atoms with van der Waals surface area (Å²) in [6.07, 6.45) is -2.85. The zero-order valence-electron chi connectivity index (χ0n) is 12.1. The number of aliphatic carboxylic acids is 1. The zero-order valence-corrected chi connectivity index (χ0v) is 12.1. The minimum atomic E-state index is -5.08. The Balaban J connectivity index is 0.000000322. The van der Waals surface area contributed by atoms with Crippen LogP contribution in [0.2, 0.25) is 0 Å². The van der Waals surface area contributed by atoms with Gasteiger partial charge in [-0.25, -0.2) is 9.78 Å². The summed E-state index contributed by atoms with van der Waals surface area (Å²) in [7, 11) is 1.89. The van der Waals surface area contributed by atoms with E-state index < -0.39 is 18.1 Å². The van der Waals surface area contributed by atoms with Crippen molar-refractivity contribution in [2.24, 2.45) is 0 Å². The minimum absolute atomic E-state index is 0.0785. The SMILES string of the molecule is CN[C@H]1CCN(C(=O)c2ccc(F)nc2)C1.O=C(O)C(F)(F)F. The van der Waals surface area contributed by atoms with Crippen molar-refractivity contribution in [3.63, 3.8) is 0 Å². The third kappa shape index (κ3) is 5.81. The summed E-state index contributed by atoms with van der Waals surface area (Å²) in [5.74, 6) is -3.40. The van der Waals surface area contributed by atoms with Gasteiger partial charge in [0, 0.05) is 25.3 Å². The number of likely N-dealkylation sites (N-methyl/N-ethyl adjacent to an activating group) is 1. The van der Waals surface area contributed by atoms with E-state index in [1.165, 1.54) is 18.3 Å². The van der Waals surface area contributed by atoms with Crippen LogP contribution in [0, 0.1) is 5.95 Å². The highest BCUT2D eigenvalue weighted by molar-refractivity contribution is 5.94. The number of pyridine rings is 1. The first-order valence-corrected chi connectivity index (χ1v) is 6.53. The molecule has 1 fully saturated rings. The number of hydrogen-bond donors (Lipinski definition) is 2. The Hall–Kier alpha value is -2.23. The molecular formula is C13H15F4N3O3. The van der Waals surface area contributed by atoms with Gasteiger partial charge in [-0.05, 0) is 25.6 Å². The van der Waals surface area contributed by atoms with Crippen molar-refractivity contribution in [1.82, 2.24) is 15.2 Å². The van der Waals surface area contributed by atoms with Crippen LogP contribution in [-0.4, -0.2) is 59.2 Å². The van der Waals surface area contributed by atoms with Crippen LogP contribution < -0.4 is 5.32 Å². The number of carboxylic acid groups (broad SMARTS) is 1. The summed E-state index contributed by atoms with van der Waals surface area (Å²) in [6.45, 7) is 1.44. The Bertz CT molecular complexity index is 548. The van der Waals surface area contributed by atoms with Gasteiger partial charge >= 0.3 is 12.1 Å². The Labute approximate surface area is 129 Å². The first kappa shape index (κ1) is 18.8. The number of likely N-dealkylation sites (tertiary alicyclic amines) is 1. The molecule has 0 bridgehead atoms. The molecule has 0 aromatic carbocycles. The summed E-state index contributed by atoms with van der Waals surface area (Å²) in [5, 5.41) is 10.3. The van der Waals surface area contributed by atoms with Crippen molar-refractivity contribution in [1.29, 1.82) is 0 Å². The number of amides is 1. The number of halogens is 4. The lowest BCUT2D eigenvalue weighted by molar-refractivity contribution is -0.192. The van der Waals surface area contributed by atoms with E-state index in [0.717, 1.165) is 13.0 Å². The molecule has 1 amide bonds. The van der Waals surface area contributed by atoms with E-state index >= 15 is 0 Å². The molecular weight excluding hydrogens is 322 g/mol. The first-order chi connectivity index (χ1) is 10.6. The Kier molecular flexibility index (Phi) is 6.43. The second-order valence-corrected chi connectivity index (χ2v) is 4.70. The van der Waals surface area contributed by atoms with Crippen LogP contribution in [0.4, 0.5) is 17.6 Å². The van der Waals surface area contributed by atoms with Gasteiger partial charge in [-0.1, -0.05) is 0 Å². The van der Waals surface area contributed by atoms with Crippen molar-refractivity contribution in [3.05, 3.63) is 29.8 Å². The summed E-state index contributed by atoms with van der Waals surface area (Å²) >= 11 is 0. The van der Waals surface area contributed by atoms with E-state index in [4.69, 9.17) is 9.90 Å². The van der Waals surface area contributed by atoms with Crippen LogP contribution in [0.5, 0.6) is 0 Å². The summed E-state index contributed by atoms with van der Waals surface area (Å²) < 4.78 is 44.3. The zero-order chi connectivity index (χ0) is 17.6. The number of carboxylic acids is 1. The maximum absolute atomic E-state index is 12.6. The Morgan fingerprint density at radius 3 is 2.39 bits per heavy atom. The van der Waals surface area contributed by atoms with Gasteiger partial charge in [-0.2, -0.15) is 17.6 Å². The molecule has 2 N–H and O–H groups in total. The molecule has 0 saturated carbocycles. The second kappa shape index (κ2) is 7.86. The Morgan fingerprint density at radius 2 is 2.00 bits per heavy atom. The number of nitrogens with zero attached hydrogens (tertiary/aromatic N) is 2. The molecule has 0 spiro atoms. The number of hydrogen-bond acceptors (Lipinski definition) is 4. The maximum Gasteiger partial charge on any atom is 0.490 e. The molecule has 1 aliphatic heterocycles. The topological polar surface area (TPSA) is 82.5 Å². The van der Waals surface area contributed by atoms with Crippen LogP contribution in [0.15, 0.2) is 18.3 Å². The van der Waals surface area contributed by atoms with E-state index in [-0.39, 0.29) is 5.91 Å². The predicted octanol–water partition coefficient (Wildman–Crippen LogP) is 1.29. The molecule has 2 heterocycles. The fourth-order valence-corrected chi connectivity index (χ4v) is 1.87. The number of nitrogens with one attached hydrogen (secondary N) is 1. The average molecular weight is 337 g/mol.